The number of hydrogen-bond acceptors (Lipinski definition) is 5. The quantitative estimate of drug-likeness (QED) is 0.703. The molecule has 4 rings (SSSR count). The van der Waals surface area contributed by atoms with Gasteiger partial charge in [0.1, 0.15) is 17.6 Å². The number of benzene rings is 2. The highest BCUT2D eigenvalue weighted by Crippen LogP contribution is 2.29. The van der Waals surface area contributed by atoms with Gasteiger partial charge in [-0.05, 0) is 69.1 Å². The number of hydrogen-bond donors (Lipinski definition) is 0. The van der Waals surface area contributed by atoms with E-state index in [0.717, 1.165) is 37.1 Å². The van der Waals surface area contributed by atoms with E-state index in [4.69, 9.17) is 9.15 Å². The van der Waals surface area contributed by atoms with Crippen molar-refractivity contribution < 1.29 is 14.3 Å². The minimum atomic E-state index is -0.266. The van der Waals surface area contributed by atoms with E-state index in [9.17, 15) is 9.90 Å². The first-order chi connectivity index (χ1) is 13.0. The Morgan fingerprint density at radius 1 is 1.11 bits per heavy atom. The van der Waals surface area contributed by atoms with E-state index < -0.39 is 0 Å². The number of ether oxygens (including phenoxy) is 1. The molecule has 0 aliphatic carbocycles. The van der Waals surface area contributed by atoms with Crippen molar-refractivity contribution in [2.45, 2.75) is 33.2 Å². The molecule has 3 aromatic rings. The van der Waals surface area contributed by atoms with Gasteiger partial charge in [-0.15, -0.1) is 5.75 Å². The Morgan fingerprint density at radius 3 is 2.52 bits per heavy atom. The van der Waals surface area contributed by atoms with Gasteiger partial charge in [0.05, 0.1) is 5.39 Å². The number of aryl methyl sites for hydroxylation is 2. The highest BCUT2D eigenvalue weighted by atomic mass is 16.5. The van der Waals surface area contributed by atoms with Crippen LogP contribution in [-0.4, -0.2) is 18.0 Å². The summed E-state index contributed by atoms with van der Waals surface area (Å²) in [6.07, 6.45) is 3.59. The first-order valence-electron chi connectivity index (χ1n) is 9.24. The Bertz CT molecular complexity index is 1030. The molecule has 1 aliphatic rings. The minimum absolute atomic E-state index is 0.0967. The van der Waals surface area contributed by atoms with Crippen molar-refractivity contribution in [2.24, 2.45) is 0 Å². The molecule has 0 unspecified atom stereocenters. The van der Waals surface area contributed by atoms with Crippen LogP contribution < -0.4 is 15.3 Å². The lowest BCUT2D eigenvalue weighted by atomic mass is 10.1. The molecule has 0 spiro atoms. The average Bonchev–Trinajstić information content (AvgIpc) is 3.12. The summed E-state index contributed by atoms with van der Waals surface area (Å²) in [6.45, 7) is 6.39. The summed E-state index contributed by atoms with van der Waals surface area (Å²) in [5.41, 5.74) is 2.76. The van der Waals surface area contributed by atoms with Crippen molar-refractivity contribution in [2.75, 3.05) is 13.1 Å². The van der Waals surface area contributed by atoms with Gasteiger partial charge in [-0.1, -0.05) is 12.1 Å². The molecule has 2 heterocycles. The number of likely N-dealkylation sites (tertiary alicyclic amines) is 1. The van der Waals surface area contributed by atoms with Crippen LogP contribution in [0.25, 0.3) is 11.0 Å². The fourth-order valence-electron chi connectivity index (χ4n) is 3.73. The predicted molar refractivity (Wildman–Crippen MR) is 102 cm³/mol. The molecule has 0 atom stereocenters. The lowest BCUT2D eigenvalue weighted by molar-refractivity contribution is -0.269. The minimum Gasteiger partial charge on any atom is -0.872 e. The van der Waals surface area contributed by atoms with Gasteiger partial charge in [-0.25, -0.2) is 0 Å². The van der Waals surface area contributed by atoms with Crippen LogP contribution >= 0.6 is 0 Å². The molecular formula is C22H22NO4-. The molecule has 1 saturated heterocycles. The van der Waals surface area contributed by atoms with Crippen molar-refractivity contribution >= 4 is 11.0 Å². The van der Waals surface area contributed by atoms with E-state index in [0.29, 0.717) is 28.8 Å². The van der Waals surface area contributed by atoms with Gasteiger partial charge in [0.25, 0.3) is 0 Å². The van der Waals surface area contributed by atoms with Gasteiger partial charge >= 0.3 is 0 Å². The average molecular weight is 364 g/mol. The Hall–Kier alpha value is -2.79. The van der Waals surface area contributed by atoms with Gasteiger partial charge in [0, 0.05) is 12.1 Å². The maximum atomic E-state index is 12.9. The summed E-state index contributed by atoms with van der Waals surface area (Å²) < 4.78 is 11.5. The third-order valence-corrected chi connectivity index (χ3v) is 4.97. The second-order valence-corrected chi connectivity index (χ2v) is 7.26. The first-order valence-corrected chi connectivity index (χ1v) is 9.24. The van der Waals surface area contributed by atoms with E-state index in [2.05, 4.69) is 4.90 Å². The molecule has 0 radical (unpaired) electrons. The van der Waals surface area contributed by atoms with E-state index in [1.54, 1.807) is 0 Å². The first kappa shape index (κ1) is 17.6. The SMILES string of the molecule is Cc1cc(C)cc(Oc2coc3c(CN4CCCC4)c([O-])ccc3c2=O)c1. The maximum absolute atomic E-state index is 12.9. The summed E-state index contributed by atoms with van der Waals surface area (Å²) >= 11 is 0. The molecule has 0 bridgehead atoms. The topological polar surface area (TPSA) is 65.7 Å². The molecule has 5 nitrogen and oxygen atoms in total. The molecule has 5 heteroatoms. The molecule has 0 saturated carbocycles. The lowest BCUT2D eigenvalue weighted by Crippen LogP contribution is -2.20. The molecule has 0 N–H and O–H groups in total. The summed E-state index contributed by atoms with van der Waals surface area (Å²) in [4.78, 5) is 15.1. The van der Waals surface area contributed by atoms with Crippen LogP contribution in [0.3, 0.4) is 0 Å². The van der Waals surface area contributed by atoms with Crippen LogP contribution in [0, 0.1) is 13.8 Å². The lowest BCUT2D eigenvalue weighted by Gasteiger charge is -2.21. The maximum Gasteiger partial charge on any atom is 0.235 e. The van der Waals surface area contributed by atoms with Crippen LogP contribution in [0.2, 0.25) is 0 Å². The zero-order chi connectivity index (χ0) is 19.0. The molecule has 1 aromatic heterocycles. The fraction of sp³-hybridized carbons (Fsp3) is 0.318. The molecular weight excluding hydrogens is 342 g/mol. The van der Waals surface area contributed by atoms with Gasteiger partial charge in [0.2, 0.25) is 11.2 Å². The Balaban J connectivity index is 1.73. The summed E-state index contributed by atoms with van der Waals surface area (Å²) in [6, 6.07) is 8.76. The summed E-state index contributed by atoms with van der Waals surface area (Å²) in [7, 11) is 0. The predicted octanol–water partition coefficient (Wildman–Crippen LogP) is 3.87. The Morgan fingerprint density at radius 2 is 1.81 bits per heavy atom. The summed E-state index contributed by atoms with van der Waals surface area (Å²) in [5, 5.41) is 12.7. The number of nitrogens with zero attached hydrogens (tertiary/aromatic N) is 1. The standard InChI is InChI=1S/C22H23NO4/c1-14-9-15(2)11-16(10-14)27-20-13-26-22-17(21(20)25)5-6-19(24)18(22)12-23-7-3-4-8-23/h5-6,9-11,13,24H,3-4,7-8,12H2,1-2H3/p-1. The van der Waals surface area contributed by atoms with Crippen molar-refractivity contribution in [3.8, 4) is 17.2 Å². The largest absolute Gasteiger partial charge is 0.872 e. The molecule has 2 aromatic carbocycles. The number of rotatable bonds is 4. The zero-order valence-electron chi connectivity index (χ0n) is 15.6. The third-order valence-electron chi connectivity index (χ3n) is 4.97. The van der Waals surface area contributed by atoms with Crippen LogP contribution in [0.15, 0.2) is 45.8 Å². The second-order valence-electron chi connectivity index (χ2n) is 7.26. The smallest absolute Gasteiger partial charge is 0.235 e. The van der Waals surface area contributed by atoms with Crippen LogP contribution in [0.1, 0.15) is 29.5 Å². The van der Waals surface area contributed by atoms with E-state index in [-0.39, 0.29) is 16.9 Å². The van der Waals surface area contributed by atoms with Crippen LogP contribution in [-0.2, 0) is 6.54 Å². The van der Waals surface area contributed by atoms with Crippen molar-refractivity contribution in [3.05, 3.63) is 63.5 Å². The van der Waals surface area contributed by atoms with Gasteiger partial charge in [-0.2, -0.15) is 0 Å². The van der Waals surface area contributed by atoms with Gasteiger partial charge in [0.15, 0.2) is 0 Å². The molecule has 27 heavy (non-hydrogen) atoms. The van der Waals surface area contributed by atoms with Gasteiger partial charge in [-0.3, -0.25) is 9.69 Å². The molecule has 1 aliphatic heterocycles. The van der Waals surface area contributed by atoms with E-state index in [1.165, 1.54) is 18.4 Å². The molecule has 1 fully saturated rings. The van der Waals surface area contributed by atoms with Crippen LogP contribution in [0.4, 0.5) is 0 Å². The normalized spacial score (nSPS) is 14.7. The fourth-order valence-corrected chi connectivity index (χ4v) is 3.73. The van der Waals surface area contributed by atoms with Crippen molar-refractivity contribution in [1.82, 2.24) is 4.90 Å². The highest BCUT2D eigenvalue weighted by Gasteiger charge is 2.17. The monoisotopic (exact) mass is 364 g/mol. The highest BCUT2D eigenvalue weighted by molar-refractivity contribution is 5.82. The van der Waals surface area contributed by atoms with E-state index >= 15 is 0 Å². The van der Waals surface area contributed by atoms with Crippen molar-refractivity contribution in [1.29, 1.82) is 0 Å². The van der Waals surface area contributed by atoms with Crippen molar-refractivity contribution in [3.63, 3.8) is 0 Å². The van der Waals surface area contributed by atoms with E-state index in [1.807, 2.05) is 32.0 Å². The molecule has 0 amide bonds. The Labute approximate surface area is 157 Å². The van der Waals surface area contributed by atoms with Gasteiger partial charge < -0.3 is 14.3 Å². The number of fused-ring (bicyclic) bond motifs is 1. The second kappa shape index (κ2) is 7.08. The molecule has 140 valence electrons. The third kappa shape index (κ3) is 3.55. The van der Waals surface area contributed by atoms with Crippen LogP contribution in [0.5, 0.6) is 17.2 Å². The zero-order valence-corrected chi connectivity index (χ0v) is 15.6. The Kier molecular flexibility index (Phi) is 4.62. The summed E-state index contributed by atoms with van der Waals surface area (Å²) in [5.74, 6) is 0.621.